The van der Waals surface area contributed by atoms with Crippen LogP contribution in [0.5, 0.6) is 0 Å². The predicted molar refractivity (Wildman–Crippen MR) is 243 cm³/mol. The first-order chi connectivity index (χ1) is 30.2. The molecule has 0 bridgehead atoms. The fraction of sp³-hybridized carbons (Fsp3) is 0.837. The molecule has 21 heteroatoms. The van der Waals surface area contributed by atoms with Crippen LogP contribution in [-0.4, -0.2) is 163 Å². The minimum Gasteiger partial charge on any atom is -0.468 e. The molecule has 19 nitrogen and oxygen atoms in total. The van der Waals surface area contributed by atoms with Gasteiger partial charge in [-0.05, 0) is 64.2 Å². The van der Waals surface area contributed by atoms with E-state index in [1.165, 1.54) is 27.9 Å². The van der Waals surface area contributed by atoms with Gasteiger partial charge >= 0.3 is 5.97 Å². The number of nitrogens with one attached hydrogen (secondary N) is 6. The number of aliphatic hydroxyl groups is 4. The van der Waals surface area contributed by atoms with Gasteiger partial charge < -0.3 is 55.6 Å². The summed E-state index contributed by atoms with van der Waals surface area (Å²) in [5.74, 6) is -2.10. The SMILES string of the molecule is CCCC(N[C@@H](O)[C@@H]1CC2(CN1C(=O)C(NC(=O)C(N[C@H](O)C(CCC(C)=O)NC(=O)C(CCC(C)=O)NC(C)=O)C(C)C)C1CCCCC1)SCCS2)C(O)[C@H](O)NCC(=O)OC. The molecule has 4 amide bonds. The number of carbonyl (C=O) groups is 7. The number of thioether (sulfide) groups is 2. The van der Waals surface area contributed by atoms with E-state index in [0.717, 1.165) is 30.8 Å². The van der Waals surface area contributed by atoms with Crippen molar-refractivity contribution in [1.82, 2.24) is 36.8 Å². The van der Waals surface area contributed by atoms with Crippen molar-refractivity contribution in [2.24, 2.45) is 11.8 Å². The van der Waals surface area contributed by atoms with Crippen LogP contribution in [0.4, 0.5) is 0 Å². The van der Waals surface area contributed by atoms with Crippen LogP contribution in [0.25, 0.3) is 0 Å². The number of ketones is 2. The van der Waals surface area contributed by atoms with Crippen LogP contribution in [0.15, 0.2) is 0 Å². The first kappa shape index (κ1) is 55.4. The van der Waals surface area contributed by atoms with Crippen molar-refractivity contribution >= 4 is 64.7 Å². The molecule has 0 aromatic heterocycles. The lowest BCUT2D eigenvalue weighted by Crippen LogP contribution is -2.63. The Hall–Kier alpha value is -2.89. The molecule has 3 fully saturated rings. The summed E-state index contributed by atoms with van der Waals surface area (Å²) >= 11 is 3.44. The molecule has 1 aliphatic carbocycles. The standard InChI is InChI=1S/C43H75N7O12S2/c1-8-12-29(36(55)41(60)44-22-33(54)62-7)46-39(58)32-21-43(63-19-20-64-43)23-50(32)42(61)35(28-13-10-9-11-14-28)49-40(59)34(24(2)3)48-38(57)31(18-16-26(5)52)47-37(56)30(45-27(6)53)17-15-25(4)51/h24,28-32,34-36,38-39,41,44,46,48,55,57-58,60H,8-23H2,1-7H3,(H,45,53)(H,47,56)(H,49,59)/t29?,30?,31?,32-,34?,35?,36?,38+,39-,41-/m0/s1. The van der Waals surface area contributed by atoms with Gasteiger partial charge in [-0.1, -0.05) is 46.5 Å². The molecule has 1 saturated carbocycles. The summed E-state index contributed by atoms with van der Waals surface area (Å²) in [6.07, 6.45) is -0.507. The Morgan fingerprint density at radius 3 is 1.97 bits per heavy atom. The monoisotopic (exact) mass is 945 g/mol. The van der Waals surface area contributed by atoms with Crippen LogP contribution in [0.3, 0.4) is 0 Å². The Balaban J connectivity index is 1.90. The minimum atomic E-state index is -1.56. The number of hydrogen-bond donors (Lipinski definition) is 10. The number of carbonyl (C=O) groups excluding carboxylic acids is 7. The van der Waals surface area contributed by atoms with Crippen molar-refractivity contribution in [1.29, 1.82) is 0 Å². The number of amides is 4. The van der Waals surface area contributed by atoms with Crippen LogP contribution in [0, 0.1) is 11.8 Å². The van der Waals surface area contributed by atoms with E-state index in [1.807, 2.05) is 6.92 Å². The molecule has 366 valence electrons. The minimum absolute atomic E-state index is 0.00600. The Bertz CT molecular complexity index is 1570. The van der Waals surface area contributed by atoms with Gasteiger partial charge in [0.2, 0.25) is 23.6 Å². The fourth-order valence-electron chi connectivity index (χ4n) is 8.65. The molecule has 2 aliphatic heterocycles. The highest BCUT2D eigenvalue weighted by molar-refractivity contribution is 8.21. The molecular formula is C43H75N7O12S2. The molecule has 10 N–H and O–H groups in total. The number of Topliss-reactive ketones (excluding diaryl/α,β-unsaturated/α-hetero) is 2. The van der Waals surface area contributed by atoms with Crippen molar-refractivity contribution in [2.45, 2.75) is 184 Å². The number of aliphatic hydroxyl groups excluding tert-OH is 4. The first-order valence-electron chi connectivity index (χ1n) is 22.7. The summed E-state index contributed by atoms with van der Waals surface area (Å²) in [7, 11) is 1.20. The summed E-state index contributed by atoms with van der Waals surface area (Å²) in [4.78, 5) is 92.1. The Labute approximate surface area is 386 Å². The van der Waals surface area contributed by atoms with Gasteiger partial charge in [0, 0.05) is 43.9 Å². The molecule has 64 heavy (non-hydrogen) atoms. The molecule has 2 saturated heterocycles. The first-order valence-corrected chi connectivity index (χ1v) is 24.7. The van der Waals surface area contributed by atoms with E-state index in [4.69, 9.17) is 0 Å². The second kappa shape index (κ2) is 27.1. The molecule has 1 spiro atoms. The second-order valence-corrected chi connectivity index (χ2v) is 21.0. The molecule has 0 radical (unpaired) electrons. The van der Waals surface area contributed by atoms with Gasteiger partial charge in [0.25, 0.3) is 0 Å². The zero-order valence-electron chi connectivity index (χ0n) is 38.6. The average Bonchev–Trinajstić information content (AvgIpc) is 3.88. The largest absolute Gasteiger partial charge is 0.468 e. The number of ether oxygens (including phenoxy) is 1. The number of likely N-dealkylation sites (tertiary alicyclic amines) is 1. The summed E-state index contributed by atoms with van der Waals surface area (Å²) in [5, 5.41) is 62.3. The van der Waals surface area contributed by atoms with Crippen LogP contribution in [-0.2, 0) is 38.3 Å². The van der Waals surface area contributed by atoms with Crippen LogP contribution in [0.2, 0.25) is 0 Å². The maximum absolute atomic E-state index is 15.1. The smallest absolute Gasteiger partial charge is 0.319 e. The van der Waals surface area contributed by atoms with Crippen molar-refractivity contribution < 1.29 is 58.7 Å². The van der Waals surface area contributed by atoms with E-state index in [1.54, 1.807) is 42.3 Å². The highest BCUT2D eigenvalue weighted by Gasteiger charge is 2.53. The zero-order chi connectivity index (χ0) is 47.7. The van der Waals surface area contributed by atoms with Gasteiger partial charge in [0.1, 0.15) is 48.4 Å². The number of hydrogen-bond acceptors (Lipinski definition) is 17. The van der Waals surface area contributed by atoms with Gasteiger partial charge in [-0.2, -0.15) is 0 Å². The number of rotatable bonds is 27. The third-order valence-corrected chi connectivity index (χ3v) is 15.6. The predicted octanol–water partition coefficient (Wildman–Crippen LogP) is 0.00780. The van der Waals surface area contributed by atoms with Gasteiger partial charge in [-0.15, -0.1) is 23.5 Å². The van der Waals surface area contributed by atoms with Crippen LogP contribution >= 0.6 is 23.5 Å². The van der Waals surface area contributed by atoms with E-state index in [2.05, 4.69) is 36.6 Å². The third kappa shape index (κ3) is 17.1. The lowest BCUT2D eigenvalue weighted by atomic mass is 9.83. The van der Waals surface area contributed by atoms with E-state index in [0.29, 0.717) is 38.6 Å². The fourth-order valence-corrected chi connectivity index (χ4v) is 11.9. The van der Waals surface area contributed by atoms with Gasteiger partial charge in [0.05, 0.1) is 35.9 Å². The zero-order valence-corrected chi connectivity index (χ0v) is 40.2. The summed E-state index contributed by atoms with van der Waals surface area (Å²) in [5.41, 5.74) is 0. The molecule has 2 heterocycles. The van der Waals surface area contributed by atoms with E-state index in [9.17, 15) is 49.2 Å². The van der Waals surface area contributed by atoms with Crippen LogP contribution in [0.1, 0.15) is 119 Å². The highest BCUT2D eigenvalue weighted by Crippen LogP contribution is 2.52. The van der Waals surface area contributed by atoms with E-state index in [-0.39, 0.29) is 55.6 Å². The third-order valence-electron chi connectivity index (χ3n) is 12.2. The van der Waals surface area contributed by atoms with Crippen molar-refractivity contribution in [3.05, 3.63) is 0 Å². The van der Waals surface area contributed by atoms with Gasteiger partial charge in [0.15, 0.2) is 0 Å². The number of esters is 1. The topological polar surface area (TPSA) is 285 Å². The molecule has 6 unspecified atom stereocenters. The Kier molecular flexibility index (Phi) is 23.4. The van der Waals surface area contributed by atoms with Crippen molar-refractivity contribution in [3.8, 4) is 0 Å². The molecule has 0 aromatic rings. The molecule has 10 atom stereocenters. The second-order valence-electron chi connectivity index (χ2n) is 17.8. The van der Waals surface area contributed by atoms with E-state index < -0.39 is 94.7 Å². The molecule has 0 aromatic carbocycles. The number of methoxy groups -OCH3 is 1. The maximum Gasteiger partial charge on any atom is 0.319 e. The maximum atomic E-state index is 15.1. The van der Waals surface area contributed by atoms with E-state index >= 15 is 4.79 Å². The average molecular weight is 946 g/mol. The molecule has 3 aliphatic rings. The quantitative estimate of drug-likeness (QED) is 0.0384. The lowest BCUT2D eigenvalue weighted by Gasteiger charge is -2.38. The van der Waals surface area contributed by atoms with Crippen molar-refractivity contribution in [3.63, 3.8) is 0 Å². The van der Waals surface area contributed by atoms with Gasteiger partial charge in [-0.3, -0.25) is 39.9 Å². The summed E-state index contributed by atoms with van der Waals surface area (Å²) in [6, 6.07) is -5.87. The lowest BCUT2D eigenvalue weighted by molar-refractivity contribution is -0.142. The summed E-state index contributed by atoms with van der Waals surface area (Å²) in [6.45, 7) is 9.33. The Morgan fingerprint density at radius 2 is 1.41 bits per heavy atom. The molecular weight excluding hydrogens is 871 g/mol. The normalized spacial score (nSPS) is 21.8. The van der Waals surface area contributed by atoms with Crippen LogP contribution < -0.4 is 31.9 Å². The number of nitrogens with zero attached hydrogens (tertiary/aromatic N) is 1. The molecule has 3 rings (SSSR count). The van der Waals surface area contributed by atoms with Crippen molar-refractivity contribution in [2.75, 3.05) is 31.7 Å². The summed E-state index contributed by atoms with van der Waals surface area (Å²) < 4.78 is 4.21. The van der Waals surface area contributed by atoms with Gasteiger partial charge in [-0.25, -0.2) is 0 Å². The Morgan fingerprint density at radius 1 is 0.781 bits per heavy atom. The highest BCUT2D eigenvalue weighted by atomic mass is 32.2.